The molecule has 0 aliphatic heterocycles. The minimum atomic E-state index is -0.505. The van der Waals surface area contributed by atoms with Gasteiger partial charge in [-0.2, -0.15) is 5.10 Å². The number of hydrogen-bond donors (Lipinski definition) is 3. The van der Waals surface area contributed by atoms with Crippen molar-refractivity contribution in [3.63, 3.8) is 0 Å². The summed E-state index contributed by atoms with van der Waals surface area (Å²) in [5.74, 6) is -0.413. The molecule has 0 atom stereocenters. The Labute approximate surface area is 160 Å². The van der Waals surface area contributed by atoms with Gasteiger partial charge in [-0.15, -0.1) is 0 Å². The van der Waals surface area contributed by atoms with Crippen LogP contribution in [0.15, 0.2) is 48.9 Å². The minimum Gasteiger partial charge on any atom is -0.494 e. The van der Waals surface area contributed by atoms with E-state index in [9.17, 15) is 15.0 Å². The molecule has 1 amide bonds. The number of aliphatic hydroxyl groups excluding tert-OH is 1. The van der Waals surface area contributed by atoms with Gasteiger partial charge in [-0.1, -0.05) is 12.1 Å². The van der Waals surface area contributed by atoms with Gasteiger partial charge in [-0.25, -0.2) is 4.68 Å². The molecule has 3 heterocycles. The Bertz CT molecular complexity index is 1190. The van der Waals surface area contributed by atoms with Crippen LogP contribution in [0.4, 0.5) is 0 Å². The van der Waals surface area contributed by atoms with Crippen LogP contribution in [0.25, 0.3) is 16.7 Å². The van der Waals surface area contributed by atoms with Crippen molar-refractivity contribution in [1.82, 2.24) is 19.3 Å². The number of rotatable bonds is 5. The Morgan fingerprint density at radius 2 is 2.07 bits per heavy atom. The predicted octanol–water partition coefficient (Wildman–Crippen LogP) is 1.88. The van der Waals surface area contributed by atoms with Crippen molar-refractivity contribution in [2.75, 3.05) is 0 Å². The van der Waals surface area contributed by atoms with Crippen LogP contribution in [0.5, 0.6) is 5.88 Å². The van der Waals surface area contributed by atoms with Gasteiger partial charge in [-0.05, 0) is 30.7 Å². The van der Waals surface area contributed by atoms with Gasteiger partial charge in [0.15, 0.2) is 5.88 Å². The molecule has 0 aliphatic rings. The first-order chi connectivity index (χ1) is 13.5. The summed E-state index contributed by atoms with van der Waals surface area (Å²) in [4.78, 5) is 15.9. The molecule has 0 aliphatic carbocycles. The third-order valence-corrected chi connectivity index (χ3v) is 4.74. The summed E-state index contributed by atoms with van der Waals surface area (Å²) in [5.41, 5.74) is 10.0. The standard InChI is InChI=1S/C20H19N5O3/c1-12-17-18(16(5-6-22-17)25-10-14(11-26)8-23-25)24(20(12)28)9-13-3-2-4-15(7-13)19(21)27/h2-8,10,26,28H,9,11H2,1H3,(H2,21,27). The van der Waals surface area contributed by atoms with Crippen molar-refractivity contribution in [3.05, 3.63) is 71.2 Å². The average molecular weight is 377 g/mol. The van der Waals surface area contributed by atoms with Crippen LogP contribution in [-0.2, 0) is 13.2 Å². The Morgan fingerprint density at radius 1 is 1.25 bits per heavy atom. The van der Waals surface area contributed by atoms with E-state index < -0.39 is 5.91 Å². The minimum absolute atomic E-state index is 0.0916. The number of aromatic hydroxyl groups is 1. The van der Waals surface area contributed by atoms with Crippen LogP contribution < -0.4 is 5.73 Å². The normalized spacial score (nSPS) is 11.2. The lowest BCUT2D eigenvalue weighted by atomic mass is 10.1. The Morgan fingerprint density at radius 3 is 2.79 bits per heavy atom. The van der Waals surface area contributed by atoms with E-state index in [0.717, 1.165) is 11.3 Å². The number of primary amides is 1. The monoisotopic (exact) mass is 377 g/mol. The molecule has 0 fully saturated rings. The third-order valence-electron chi connectivity index (χ3n) is 4.74. The molecular weight excluding hydrogens is 358 g/mol. The quantitative estimate of drug-likeness (QED) is 0.491. The maximum Gasteiger partial charge on any atom is 0.248 e. The van der Waals surface area contributed by atoms with Crippen molar-refractivity contribution in [3.8, 4) is 11.6 Å². The second-order valence-electron chi connectivity index (χ2n) is 6.58. The molecule has 3 aromatic heterocycles. The topological polar surface area (TPSA) is 119 Å². The number of nitrogens with zero attached hydrogens (tertiary/aromatic N) is 4. The molecule has 0 radical (unpaired) electrons. The van der Waals surface area contributed by atoms with E-state index in [2.05, 4.69) is 10.1 Å². The molecule has 0 saturated heterocycles. The molecule has 28 heavy (non-hydrogen) atoms. The molecule has 0 saturated carbocycles. The number of aromatic nitrogens is 4. The molecule has 4 aromatic rings. The summed E-state index contributed by atoms with van der Waals surface area (Å²) in [7, 11) is 0. The van der Waals surface area contributed by atoms with Gasteiger partial charge in [0.2, 0.25) is 5.91 Å². The fourth-order valence-electron chi connectivity index (χ4n) is 3.32. The molecule has 8 heteroatoms. The molecule has 8 nitrogen and oxygen atoms in total. The second kappa shape index (κ2) is 6.82. The fraction of sp³-hybridized carbons (Fsp3) is 0.150. The van der Waals surface area contributed by atoms with Gasteiger partial charge < -0.3 is 20.5 Å². The van der Waals surface area contributed by atoms with Crippen LogP contribution in [0, 0.1) is 6.92 Å². The molecule has 142 valence electrons. The number of benzene rings is 1. The number of carbonyl (C=O) groups is 1. The molecule has 4 rings (SSSR count). The molecular formula is C20H19N5O3. The molecule has 4 N–H and O–H groups in total. The van der Waals surface area contributed by atoms with Gasteiger partial charge in [0, 0.05) is 29.1 Å². The molecule has 1 aromatic carbocycles. The van der Waals surface area contributed by atoms with Crippen LogP contribution in [0.3, 0.4) is 0 Å². The van der Waals surface area contributed by atoms with Gasteiger partial charge in [0.05, 0.1) is 36.1 Å². The summed E-state index contributed by atoms with van der Waals surface area (Å²) in [6.07, 6.45) is 4.97. The van der Waals surface area contributed by atoms with Crippen LogP contribution in [0.1, 0.15) is 27.0 Å². The highest BCUT2D eigenvalue weighted by Crippen LogP contribution is 2.33. The number of hydrogen-bond acceptors (Lipinski definition) is 5. The van der Waals surface area contributed by atoms with E-state index in [4.69, 9.17) is 5.73 Å². The van der Waals surface area contributed by atoms with E-state index in [0.29, 0.717) is 34.3 Å². The number of carbonyl (C=O) groups excluding carboxylic acids is 1. The van der Waals surface area contributed by atoms with E-state index in [-0.39, 0.29) is 12.5 Å². The van der Waals surface area contributed by atoms with Crippen molar-refractivity contribution >= 4 is 16.9 Å². The van der Waals surface area contributed by atoms with E-state index in [1.807, 2.05) is 6.07 Å². The van der Waals surface area contributed by atoms with Gasteiger partial charge in [-0.3, -0.25) is 9.78 Å². The van der Waals surface area contributed by atoms with Crippen molar-refractivity contribution in [2.24, 2.45) is 5.73 Å². The SMILES string of the molecule is Cc1c(O)n(Cc2cccc(C(N)=O)c2)c2c(-n3cc(CO)cn3)ccnc12. The van der Waals surface area contributed by atoms with Crippen LogP contribution >= 0.6 is 0 Å². The van der Waals surface area contributed by atoms with E-state index >= 15 is 0 Å². The van der Waals surface area contributed by atoms with E-state index in [1.54, 1.807) is 59.0 Å². The lowest BCUT2D eigenvalue weighted by Gasteiger charge is -2.11. The van der Waals surface area contributed by atoms with Crippen molar-refractivity contribution < 1.29 is 15.0 Å². The summed E-state index contributed by atoms with van der Waals surface area (Å²) in [6, 6.07) is 8.77. The number of fused-ring (bicyclic) bond motifs is 1. The smallest absolute Gasteiger partial charge is 0.248 e. The van der Waals surface area contributed by atoms with Crippen LogP contribution in [0.2, 0.25) is 0 Å². The fourth-order valence-corrected chi connectivity index (χ4v) is 3.32. The summed E-state index contributed by atoms with van der Waals surface area (Å²) < 4.78 is 3.37. The zero-order valence-electron chi connectivity index (χ0n) is 15.2. The van der Waals surface area contributed by atoms with Gasteiger partial charge in [0.1, 0.15) is 0 Å². The van der Waals surface area contributed by atoms with E-state index in [1.165, 1.54) is 0 Å². The number of aryl methyl sites for hydroxylation is 1. The predicted molar refractivity (Wildman–Crippen MR) is 103 cm³/mol. The third kappa shape index (κ3) is 2.89. The Hall–Kier alpha value is -3.65. The number of amides is 1. The summed E-state index contributed by atoms with van der Waals surface area (Å²) >= 11 is 0. The zero-order valence-corrected chi connectivity index (χ0v) is 15.2. The average Bonchev–Trinajstić information content (AvgIpc) is 3.28. The van der Waals surface area contributed by atoms with Gasteiger partial charge in [0.25, 0.3) is 0 Å². The maximum atomic E-state index is 11.5. The molecule has 0 spiro atoms. The molecule has 0 unspecified atom stereocenters. The van der Waals surface area contributed by atoms with Gasteiger partial charge >= 0.3 is 0 Å². The number of aliphatic hydroxyl groups is 1. The largest absolute Gasteiger partial charge is 0.494 e. The highest BCUT2D eigenvalue weighted by atomic mass is 16.3. The zero-order chi connectivity index (χ0) is 19.8. The molecule has 0 bridgehead atoms. The summed E-state index contributed by atoms with van der Waals surface area (Å²) in [6.45, 7) is 2.01. The highest BCUT2D eigenvalue weighted by molar-refractivity contribution is 5.93. The highest BCUT2D eigenvalue weighted by Gasteiger charge is 2.19. The maximum absolute atomic E-state index is 11.5. The Balaban J connectivity index is 1.89. The lowest BCUT2D eigenvalue weighted by Crippen LogP contribution is -2.11. The second-order valence-corrected chi connectivity index (χ2v) is 6.58. The Kier molecular flexibility index (Phi) is 4.32. The number of pyridine rings is 1. The number of nitrogens with two attached hydrogens (primary N) is 1. The first kappa shape index (κ1) is 17.7. The first-order valence-electron chi connectivity index (χ1n) is 8.70. The first-order valence-corrected chi connectivity index (χ1v) is 8.70. The lowest BCUT2D eigenvalue weighted by molar-refractivity contribution is 0.1000. The van der Waals surface area contributed by atoms with Crippen LogP contribution in [-0.4, -0.2) is 35.5 Å². The summed E-state index contributed by atoms with van der Waals surface area (Å²) in [5, 5.41) is 24.4. The van der Waals surface area contributed by atoms with Crippen molar-refractivity contribution in [1.29, 1.82) is 0 Å². The van der Waals surface area contributed by atoms with Crippen molar-refractivity contribution in [2.45, 2.75) is 20.1 Å².